The van der Waals surface area contributed by atoms with Crippen LogP contribution in [0.2, 0.25) is 0 Å². The molecule has 1 atom stereocenters. The Morgan fingerprint density at radius 1 is 1.07 bits per heavy atom. The SMILES string of the molecule is CCN(CC)c1ccc(-c2nnc(S[C@@H](C)c3nc(C(C)C)no3)n2C)cc1. The van der Waals surface area contributed by atoms with Crippen LogP contribution in [0.15, 0.2) is 33.9 Å². The number of aromatic nitrogens is 5. The first kappa shape index (κ1) is 20.4. The van der Waals surface area contributed by atoms with Crippen LogP contribution in [0.3, 0.4) is 0 Å². The van der Waals surface area contributed by atoms with Crippen molar-refractivity contribution < 1.29 is 4.52 Å². The maximum atomic E-state index is 5.40. The molecular formula is C20H28N6OS. The Morgan fingerprint density at radius 3 is 2.32 bits per heavy atom. The molecule has 0 saturated carbocycles. The van der Waals surface area contributed by atoms with Crippen LogP contribution in [0.5, 0.6) is 0 Å². The van der Waals surface area contributed by atoms with Crippen LogP contribution in [-0.4, -0.2) is 38.0 Å². The summed E-state index contributed by atoms with van der Waals surface area (Å²) in [7, 11) is 1.98. The highest BCUT2D eigenvalue weighted by atomic mass is 32.2. The highest BCUT2D eigenvalue weighted by Gasteiger charge is 2.20. The van der Waals surface area contributed by atoms with Gasteiger partial charge in [0.1, 0.15) is 0 Å². The molecule has 1 aromatic carbocycles. The Labute approximate surface area is 170 Å². The van der Waals surface area contributed by atoms with E-state index in [0.29, 0.717) is 5.89 Å². The van der Waals surface area contributed by atoms with Gasteiger partial charge >= 0.3 is 0 Å². The van der Waals surface area contributed by atoms with E-state index in [4.69, 9.17) is 4.52 Å². The molecule has 0 spiro atoms. The average molecular weight is 401 g/mol. The summed E-state index contributed by atoms with van der Waals surface area (Å²) in [5.74, 6) is 2.43. The van der Waals surface area contributed by atoms with Crippen molar-refractivity contribution in [2.45, 2.75) is 50.9 Å². The monoisotopic (exact) mass is 400 g/mol. The third kappa shape index (κ3) is 4.22. The second-order valence-corrected chi connectivity index (χ2v) is 8.30. The summed E-state index contributed by atoms with van der Waals surface area (Å²) in [6, 6.07) is 8.47. The van der Waals surface area contributed by atoms with Gasteiger partial charge in [-0.15, -0.1) is 10.2 Å². The quantitative estimate of drug-likeness (QED) is 0.508. The largest absolute Gasteiger partial charge is 0.372 e. The molecule has 0 bridgehead atoms. The van der Waals surface area contributed by atoms with Crippen molar-refractivity contribution in [1.29, 1.82) is 0 Å². The third-order valence-electron chi connectivity index (χ3n) is 4.69. The van der Waals surface area contributed by atoms with E-state index in [1.807, 2.05) is 32.4 Å². The molecule has 8 heteroatoms. The molecule has 2 aromatic heterocycles. The summed E-state index contributed by atoms with van der Waals surface area (Å²) in [5, 5.41) is 13.6. The summed E-state index contributed by atoms with van der Waals surface area (Å²) >= 11 is 1.56. The van der Waals surface area contributed by atoms with E-state index in [1.165, 1.54) is 5.69 Å². The lowest BCUT2D eigenvalue weighted by atomic mass is 10.2. The number of benzene rings is 1. The normalized spacial score (nSPS) is 12.5. The van der Waals surface area contributed by atoms with Gasteiger partial charge in [0.15, 0.2) is 16.8 Å². The molecule has 0 unspecified atom stereocenters. The maximum absolute atomic E-state index is 5.40. The van der Waals surface area contributed by atoms with E-state index < -0.39 is 0 Å². The van der Waals surface area contributed by atoms with Gasteiger partial charge in [-0.2, -0.15) is 4.98 Å². The predicted octanol–water partition coefficient (Wildman–Crippen LogP) is 4.69. The molecule has 3 aromatic rings. The lowest BCUT2D eigenvalue weighted by Gasteiger charge is -2.21. The summed E-state index contributed by atoms with van der Waals surface area (Å²) in [5.41, 5.74) is 2.27. The topological polar surface area (TPSA) is 72.9 Å². The second-order valence-electron chi connectivity index (χ2n) is 6.99. The van der Waals surface area contributed by atoms with Crippen LogP contribution in [0, 0.1) is 0 Å². The van der Waals surface area contributed by atoms with Gasteiger partial charge in [0, 0.05) is 37.3 Å². The van der Waals surface area contributed by atoms with Crippen molar-refractivity contribution in [2.24, 2.45) is 7.05 Å². The van der Waals surface area contributed by atoms with Crippen molar-refractivity contribution in [3.05, 3.63) is 36.0 Å². The van der Waals surface area contributed by atoms with Crippen LogP contribution < -0.4 is 4.90 Å². The Bertz CT molecular complexity index is 898. The number of rotatable bonds is 8. The fraction of sp³-hybridized carbons (Fsp3) is 0.500. The first-order chi connectivity index (χ1) is 13.4. The number of hydrogen-bond donors (Lipinski definition) is 0. The van der Waals surface area contributed by atoms with Gasteiger partial charge in [-0.25, -0.2) is 0 Å². The molecule has 0 aliphatic carbocycles. The van der Waals surface area contributed by atoms with Crippen molar-refractivity contribution >= 4 is 17.4 Å². The number of nitrogens with zero attached hydrogens (tertiary/aromatic N) is 6. The summed E-state index contributed by atoms with van der Waals surface area (Å²) in [6.07, 6.45) is 0. The van der Waals surface area contributed by atoms with Crippen molar-refractivity contribution in [2.75, 3.05) is 18.0 Å². The molecule has 0 N–H and O–H groups in total. The van der Waals surface area contributed by atoms with Crippen LogP contribution >= 0.6 is 11.8 Å². The van der Waals surface area contributed by atoms with E-state index in [0.717, 1.165) is 35.5 Å². The van der Waals surface area contributed by atoms with E-state index >= 15 is 0 Å². The van der Waals surface area contributed by atoms with Gasteiger partial charge < -0.3 is 14.0 Å². The molecule has 0 fully saturated rings. The highest BCUT2D eigenvalue weighted by molar-refractivity contribution is 7.99. The number of anilines is 1. The fourth-order valence-corrected chi connectivity index (χ4v) is 3.78. The van der Waals surface area contributed by atoms with Crippen LogP contribution in [0.1, 0.15) is 57.5 Å². The van der Waals surface area contributed by atoms with Crippen LogP contribution in [-0.2, 0) is 7.05 Å². The van der Waals surface area contributed by atoms with Crippen molar-refractivity contribution in [1.82, 2.24) is 24.9 Å². The van der Waals surface area contributed by atoms with Gasteiger partial charge in [-0.1, -0.05) is 30.8 Å². The van der Waals surface area contributed by atoms with Gasteiger partial charge in [-0.3, -0.25) is 0 Å². The zero-order valence-corrected chi connectivity index (χ0v) is 18.2. The first-order valence-corrected chi connectivity index (χ1v) is 10.6. The Morgan fingerprint density at radius 2 is 1.75 bits per heavy atom. The maximum Gasteiger partial charge on any atom is 0.239 e. The summed E-state index contributed by atoms with van der Waals surface area (Å²) in [4.78, 5) is 6.80. The molecule has 0 amide bonds. The first-order valence-electron chi connectivity index (χ1n) is 9.69. The molecule has 0 aliphatic heterocycles. The molecule has 28 heavy (non-hydrogen) atoms. The molecule has 2 heterocycles. The molecule has 0 radical (unpaired) electrons. The minimum atomic E-state index is 0.000734. The zero-order valence-electron chi connectivity index (χ0n) is 17.4. The third-order valence-corrected chi connectivity index (χ3v) is 5.81. The van der Waals surface area contributed by atoms with Gasteiger partial charge in [-0.05, 0) is 45.0 Å². The molecule has 0 aliphatic rings. The summed E-state index contributed by atoms with van der Waals surface area (Å²) < 4.78 is 7.41. The highest BCUT2D eigenvalue weighted by Crippen LogP contribution is 2.34. The lowest BCUT2D eigenvalue weighted by molar-refractivity contribution is 0.373. The van der Waals surface area contributed by atoms with Crippen molar-refractivity contribution in [3.8, 4) is 11.4 Å². The molecule has 3 rings (SSSR count). The van der Waals surface area contributed by atoms with Gasteiger partial charge in [0.05, 0.1) is 5.25 Å². The number of hydrogen-bond acceptors (Lipinski definition) is 7. The minimum absolute atomic E-state index is 0.000734. The molecule has 7 nitrogen and oxygen atoms in total. The minimum Gasteiger partial charge on any atom is -0.372 e. The lowest BCUT2D eigenvalue weighted by Crippen LogP contribution is -2.21. The molecular weight excluding hydrogens is 372 g/mol. The average Bonchev–Trinajstić information content (AvgIpc) is 3.32. The zero-order chi connectivity index (χ0) is 20.3. The van der Waals surface area contributed by atoms with E-state index in [9.17, 15) is 0 Å². The molecule has 0 saturated heterocycles. The molecule has 150 valence electrons. The second kappa shape index (κ2) is 8.77. The Balaban J connectivity index is 1.76. The van der Waals surface area contributed by atoms with E-state index in [1.54, 1.807) is 11.8 Å². The number of thioether (sulfide) groups is 1. The predicted molar refractivity (Wildman–Crippen MR) is 113 cm³/mol. The Hall–Kier alpha value is -2.35. The smallest absolute Gasteiger partial charge is 0.239 e. The summed E-state index contributed by atoms with van der Waals surface area (Å²) in [6.45, 7) is 12.4. The van der Waals surface area contributed by atoms with E-state index in [-0.39, 0.29) is 11.2 Å². The Kier molecular flexibility index (Phi) is 6.39. The van der Waals surface area contributed by atoms with Crippen LogP contribution in [0.25, 0.3) is 11.4 Å². The van der Waals surface area contributed by atoms with E-state index in [2.05, 4.69) is 63.4 Å². The van der Waals surface area contributed by atoms with Gasteiger partial charge in [0.25, 0.3) is 0 Å². The standard InChI is InChI=1S/C20H28N6OS/c1-7-26(8-2)16-11-9-15(10-12-16)18-22-23-20(25(18)6)28-14(5)19-21-17(13(3)4)24-27-19/h9-14H,7-8H2,1-6H3/t14-/m0/s1. The fourth-order valence-electron chi connectivity index (χ4n) is 2.93. The van der Waals surface area contributed by atoms with Crippen molar-refractivity contribution in [3.63, 3.8) is 0 Å². The van der Waals surface area contributed by atoms with Crippen LogP contribution in [0.4, 0.5) is 5.69 Å². The van der Waals surface area contributed by atoms with Gasteiger partial charge in [0.2, 0.25) is 5.89 Å².